The van der Waals surface area contributed by atoms with E-state index in [1.165, 1.54) is 0 Å². The lowest BCUT2D eigenvalue weighted by molar-refractivity contribution is 0.0954. The van der Waals surface area contributed by atoms with Crippen LogP contribution in [0.1, 0.15) is 23.0 Å². The summed E-state index contributed by atoms with van der Waals surface area (Å²) in [6.45, 7) is 4.09. The van der Waals surface area contributed by atoms with Crippen LogP contribution in [0.5, 0.6) is 0 Å². The van der Waals surface area contributed by atoms with E-state index in [0.717, 1.165) is 11.4 Å². The van der Waals surface area contributed by atoms with E-state index in [1.807, 2.05) is 19.9 Å². The summed E-state index contributed by atoms with van der Waals surface area (Å²) in [7, 11) is 0.819. The summed E-state index contributed by atoms with van der Waals surface area (Å²) in [6.07, 6.45) is 3.17. The molecule has 2 N–H and O–H groups in total. The molecule has 0 aromatic carbocycles. The maximum Gasteiger partial charge on any atom is 0.254 e. The summed E-state index contributed by atoms with van der Waals surface area (Å²) in [5.74, 6) is -0.204. The molecule has 2 atom stereocenters. The molecular weight excluding hydrogens is 250 g/mol. The topological polar surface area (TPSA) is 71.1 Å². The number of hydrogen-bond donors (Lipinski definition) is 2. The first kappa shape index (κ1) is 14.6. The molecule has 1 amide bonds. The number of aryl methyl sites for hydroxylation is 1. The van der Waals surface area contributed by atoms with Crippen LogP contribution in [0.3, 0.4) is 0 Å². The van der Waals surface area contributed by atoms with Crippen LogP contribution in [-0.4, -0.2) is 40.2 Å². The van der Waals surface area contributed by atoms with Crippen LogP contribution >= 0.6 is 0 Å². The Labute approximate surface area is 110 Å². The number of hydrogen-bond acceptors (Lipinski definition) is 4. The van der Waals surface area contributed by atoms with E-state index in [9.17, 15) is 9.00 Å². The summed E-state index contributed by atoms with van der Waals surface area (Å²) in [6, 6.07) is 1.82. The second-order valence-corrected chi connectivity index (χ2v) is 5.94. The van der Waals surface area contributed by atoms with Gasteiger partial charge in [0.15, 0.2) is 0 Å². The molecule has 0 aliphatic rings. The van der Waals surface area contributed by atoms with Gasteiger partial charge in [-0.3, -0.25) is 14.0 Å². The first-order valence-electron chi connectivity index (χ1n) is 5.70. The predicted octanol–water partition coefficient (Wildman–Crippen LogP) is 0.929. The number of aromatic nitrogens is 1. The molecule has 0 fully saturated rings. The number of carbonyl (C=O) groups excluding carboxylic acids is 1. The van der Waals surface area contributed by atoms with E-state index in [2.05, 4.69) is 15.6 Å². The van der Waals surface area contributed by atoms with Crippen LogP contribution in [0.4, 0.5) is 5.69 Å². The lowest BCUT2D eigenvalue weighted by atomic mass is 10.2. The molecule has 0 aliphatic heterocycles. The molecule has 2 unspecified atom stereocenters. The van der Waals surface area contributed by atoms with E-state index in [-0.39, 0.29) is 11.2 Å². The van der Waals surface area contributed by atoms with Crippen molar-refractivity contribution in [2.24, 2.45) is 0 Å². The molecule has 18 heavy (non-hydrogen) atoms. The molecule has 1 aromatic heterocycles. The zero-order valence-corrected chi connectivity index (χ0v) is 11.9. The van der Waals surface area contributed by atoms with Gasteiger partial charge in [-0.25, -0.2) is 0 Å². The normalized spacial score (nSPS) is 13.8. The van der Waals surface area contributed by atoms with Gasteiger partial charge in [0.1, 0.15) is 0 Å². The minimum atomic E-state index is -0.940. The Balaban J connectivity index is 2.75. The van der Waals surface area contributed by atoms with Crippen molar-refractivity contribution in [3.05, 3.63) is 23.5 Å². The van der Waals surface area contributed by atoms with Crippen LogP contribution in [0.25, 0.3) is 0 Å². The lowest BCUT2D eigenvalue weighted by Crippen LogP contribution is -2.33. The fraction of sp³-hybridized carbons (Fsp3) is 0.500. The van der Waals surface area contributed by atoms with Gasteiger partial charge >= 0.3 is 0 Å². The molecule has 0 bridgehead atoms. The number of rotatable bonds is 5. The smallest absolute Gasteiger partial charge is 0.254 e. The van der Waals surface area contributed by atoms with E-state index in [1.54, 1.807) is 19.5 Å². The van der Waals surface area contributed by atoms with Crippen LogP contribution in [0, 0.1) is 6.92 Å². The molecule has 0 saturated heterocycles. The first-order valence-corrected chi connectivity index (χ1v) is 7.32. The molecule has 1 heterocycles. The van der Waals surface area contributed by atoms with E-state index < -0.39 is 10.8 Å². The third-order valence-corrected chi connectivity index (χ3v) is 3.97. The Morgan fingerprint density at radius 1 is 1.56 bits per heavy atom. The van der Waals surface area contributed by atoms with Gasteiger partial charge < -0.3 is 10.6 Å². The average Bonchev–Trinajstić information content (AvgIpc) is 2.34. The van der Waals surface area contributed by atoms with E-state index in [0.29, 0.717) is 12.1 Å². The molecule has 0 spiro atoms. The fourth-order valence-corrected chi connectivity index (χ4v) is 1.71. The highest BCUT2D eigenvalue weighted by Crippen LogP contribution is 2.14. The second kappa shape index (κ2) is 6.49. The average molecular weight is 269 g/mol. The van der Waals surface area contributed by atoms with Crippen LogP contribution in [0.2, 0.25) is 0 Å². The number of carbonyl (C=O) groups is 1. The fourth-order valence-electron chi connectivity index (χ4n) is 1.40. The van der Waals surface area contributed by atoms with Crippen LogP contribution in [-0.2, 0) is 10.8 Å². The van der Waals surface area contributed by atoms with Crippen molar-refractivity contribution in [1.29, 1.82) is 0 Å². The second-order valence-electron chi connectivity index (χ2n) is 4.14. The summed E-state index contributed by atoms with van der Waals surface area (Å²) in [5.41, 5.74) is 2.08. The van der Waals surface area contributed by atoms with Crippen molar-refractivity contribution in [3.8, 4) is 0 Å². The zero-order chi connectivity index (χ0) is 13.7. The Bertz CT molecular complexity index is 463. The quantitative estimate of drug-likeness (QED) is 0.834. The number of pyridine rings is 1. The Kier molecular flexibility index (Phi) is 5.27. The minimum Gasteiger partial charge on any atom is -0.387 e. The van der Waals surface area contributed by atoms with Crippen molar-refractivity contribution in [1.82, 2.24) is 10.3 Å². The number of anilines is 1. The highest BCUT2D eigenvalue weighted by molar-refractivity contribution is 7.84. The third kappa shape index (κ3) is 3.80. The predicted molar refractivity (Wildman–Crippen MR) is 74.4 cm³/mol. The van der Waals surface area contributed by atoms with Gasteiger partial charge in [-0.05, 0) is 19.9 Å². The number of nitrogens with one attached hydrogen (secondary N) is 2. The summed E-state index contributed by atoms with van der Waals surface area (Å²) < 4.78 is 11.2. The van der Waals surface area contributed by atoms with Crippen molar-refractivity contribution in [2.45, 2.75) is 19.1 Å². The standard InChI is InChI=1S/C12H19N3O2S/c1-8-5-11(13-3)10(7-14-8)12(16)15-6-9(2)18(4)17/h5,7,9H,6H2,1-4H3,(H,13,14)(H,15,16). The minimum absolute atomic E-state index is 0.0645. The molecule has 100 valence electrons. The molecule has 0 radical (unpaired) electrons. The van der Waals surface area contributed by atoms with Crippen molar-refractivity contribution in [3.63, 3.8) is 0 Å². The highest BCUT2D eigenvalue weighted by atomic mass is 32.2. The largest absolute Gasteiger partial charge is 0.387 e. The van der Waals surface area contributed by atoms with Gasteiger partial charge in [0, 0.05) is 47.8 Å². The Morgan fingerprint density at radius 3 is 2.78 bits per heavy atom. The molecule has 1 rings (SSSR count). The first-order chi connectivity index (χ1) is 8.45. The molecule has 0 saturated carbocycles. The highest BCUT2D eigenvalue weighted by Gasteiger charge is 2.13. The molecular formula is C12H19N3O2S. The number of nitrogens with zero attached hydrogens (tertiary/aromatic N) is 1. The van der Waals surface area contributed by atoms with Crippen molar-refractivity contribution in [2.75, 3.05) is 25.2 Å². The lowest BCUT2D eigenvalue weighted by Gasteiger charge is -2.12. The molecule has 6 heteroatoms. The van der Waals surface area contributed by atoms with Crippen molar-refractivity contribution < 1.29 is 9.00 Å². The van der Waals surface area contributed by atoms with E-state index in [4.69, 9.17) is 0 Å². The zero-order valence-electron chi connectivity index (χ0n) is 11.1. The maximum atomic E-state index is 12.0. The summed E-state index contributed by atoms with van der Waals surface area (Å²) >= 11 is 0. The molecule has 5 nitrogen and oxygen atoms in total. The van der Waals surface area contributed by atoms with Crippen molar-refractivity contribution >= 4 is 22.4 Å². The molecule has 0 aliphatic carbocycles. The number of amides is 1. The SMILES string of the molecule is CNc1cc(C)ncc1C(=O)NCC(C)S(C)=O. The summed E-state index contributed by atoms with van der Waals surface area (Å²) in [5, 5.41) is 5.66. The van der Waals surface area contributed by atoms with Crippen LogP contribution in [0.15, 0.2) is 12.3 Å². The van der Waals surface area contributed by atoms with Gasteiger partial charge in [-0.15, -0.1) is 0 Å². The third-order valence-electron chi connectivity index (χ3n) is 2.67. The van der Waals surface area contributed by atoms with Gasteiger partial charge in [-0.1, -0.05) is 0 Å². The van der Waals surface area contributed by atoms with Gasteiger partial charge in [-0.2, -0.15) is 0 Å². The van der Waals surface area contributed by atoms with Gasteiger partial charge in [0.05, 0.1) is 11.3 Å². The summed E-state index contributed by atoms with van der Waals surface area (Å²) in [4.78, 5) is 16.1. The van der Waals surface area contributed by atoms with E-state index >= 15 is 0 Å². The molecule has 1 aromatic rings. The Morgan fingerprint density at radius 2 is 2.22 bits per heavy atom. The monoisotopic (exact) mass is 269 g/mol. The van der Waals surface area contributed by atoms with Gasteiger partial charge in [0.25, 0.3) is 5.91 Å². The van der Waals surface area contributed by atoms with Gasteiger partial charge in [0.2, 0.25) is 0 Å². The van der Waals surface area contributed by atoms with Crippen LogP contribution < -0.4 is 10.6 Å². The Hall–Kier alpha value is -1.43. The maximum absolute atomic E-state index is 12.0.